The Morgan fingerprint density at radius 3 is 2.91 bits per heavy atom. The van der Waals surface area contributed by atoms with Crippen LogP contribution in [0.5, 0.6) is 5.75 Å². The zero-order valence-electron chi connectivity index (χ0n) is 13.5. The SMILES string of the molecule is CC(C)CNC(=O)c1ccc(-c2cccc3c2O[C@@H](CN)C3)o1. The average Bonchev–Trinajstić information content (AvgIpc) is 3.18. The Labute approximate surface area is 135 Å². The maximum absolute atomic E-state index is 12.1. The predicted octanol–water partition coefficient (Wildman–Crippen LogP) is 2.59. The van der Waals surface area contributed by atoms with E-state index in [-0.39, 0.29) is 12.0 Å². The number of nitrogens with two attached hydrogens (primary N) is 1. The van der Waals surface area contributed by atoms with E-state index in [2.05, 4.69) is 5.32 Å². The minimum atomic E-state index is -0.196. The number of carbonyl (C=O) groups is 1. The summed E-state index contributed by atoms with van der Waals surface area (Å²) in [6.07, 6.45) is 0.817. The first-order valence-corrected chi connectivity index (χ1v) is 7.95. The molecule has 0 aliphatic carbocycles. The van der Waals surface area contributed by atoms with E-state index in [1.165, 1.54) is 0 Å². The van der Waals surface area contributed by atoms with Crippen LogP contribution in [0.25, 0.3) is 11.3 Å². The maximum Gasteiger partial charge on any atom is 0.287 e. The van der Waals surface area contributed by atoms with E-state index in [1.807, 2.05) is 32.0 Å². The van der Waals surface area contributed by atoms with Gasteiger partial charge >= 0.3 is 0 Å². The van der Waals surface area contributed by atoms with Crippen molar-refractivity contribution in [3.8, 4) is 17.1 Å². The Balaban J connectivity index is 1.82. The summed E-state index contributed by atoms with van der Waals surface area (Å²) in [6, 6.07) is 9.44. The summed E-state index contributed by atoms with van der Waals surface area (Å²) in [4.78, 5) is 12.1. The van der Waals surface area contributed by atoms with E-state index in [4.69, 9.17) is 14.9 Å². The fourth-order valence-corrected chi connectivity index (χ4v) is 2.65. The molecule has 23 heavy (non-hydrogen) atoms. The number of rotatable bonds is 5. The van der Waals surface area contributed by atoms with Crippen LogP contribution in [0.15, 0.2) is 34.7 Å². The minimum Gasteiger partial charge on any atom is -0.488 e. The standard InChI is InChI=1S/C18H22N2O3/c1-11(2)10-20-18(21)16-7-6-15(23-16)14-5-3-4-12-8-13(9-19)22-17(12)14/h3-7,11,13H,8-10,19H2,1-2H3,(H,20,21)/t13-/m1/s1. The van der Waals surface area contributed by atoms with Crippen LogP contribution in [0.4, 0.5) is 0 Å². The second-order valence-electron chi connectivity index (χ2n) is 6.24. The monoisotopic (exact) mass is 314 g/mol. The van der Waals surface area contributed by atoms with Crippen molar-refractivity contribution >= 4 is 5.91 Å². The molecule has 1 aliphatic rings. The van der Waals surface area contributed by atoms with Gasteiger partial charge in [0.25, 0.3) is 5.91 Å². The van der Waals surface area contributed by atoms with Crippen molar-refractivity contribution in [3.05, 3.63) is 41.7 Å². The van der Waals surface area contributed by atoms with Crippen LogP contribution < -0.4 is 15.8 Å². The van der Waals surface area contributed by atoms with Gasteiger partial charge in [0.15, 0.2) is 5.76 Å². The number of hydrogen-bond donors (Lipinski definition) is 2. The predicted molar refractivity (Wildman–Crippen MR) is 88.5 cm³/mol. The molecule has 122 valence electrons. The largest absolute Gasteiger partial charge is 0.488 e. The average molecular weight is 314 g/mol. The lowest BCUT2D eigenvalue weighted by molar-refractivity contribution is 0.0922. The lowest BCUT2D eigenvalue weighted by Gasteiger charge is -2.09. The molecule has 0 bridgehead atoms. The fourth-order valence-electron chi connectivity index (χ4n) is 2.65. The Kier molecular flexibility index (Phi) is 4.39. The fraction of sp³-hybridized carbons (Fsp3) is 0.389. The van der Waals surface area contributed by atoms with Gasteiger partial charge in [-0.25, -0.2) is 0 Å². The summed E-state index contributed by atoms with van der Waals surface area (Å²) < 4.78 is 11.6. The topological polar surface area (TPSA) is 77.5 Å². The zero-order chi connectivity index (χ0) is 16.4. The van der Waals surface area contributed by atoms with Gasteiger partial charge in [0.2, 0.25) is 0 Å². The third-order valence-corrected chi connectivity index (χ3v) is 3.86. The van der Waals surface area contributed by atoms with Gasteiger partial charge < -0.3 is 20.2 Å². The molecule has 2 aromatic rings. The molecular weight excluding hydrogens is 292 g/mol. The molecule has 1 amide bonds. The molecule has 2 heterocycles. The lowest BCUT2D eigenvalue weighted by atomic mass is 10.1. The van der Waals surface area contributed by atoms with Gasteiger partial charge in [0.1, 0.15) is 17.6 Å². The van der Waals surface area contributed by atoms with Crippen molar-refractivity contribution in [2.24, 2.45) is 11.7 Å². The third-order valence-electron chi connectivity index (χ3n) is 3.86. The van der Waals surface area contributed by atoms with E-state index >= 15 is 0 Å². The molecule has 0 radical (unpaired) electrons. The number of benzene rings is 1. The highest BCUT2D eigenvalue weighted by atomic mass is 16.5. The molecule has 3 N–H and O–H groups in total. The van der Waals surface area contributed by atoms with Crippen LogP contribution in [-0.4, -0.2) is 25.1 Å². The van der Waals surface area contributed by atoms with Crippen molar-refractivity contribution in [1.82, 2.24) is 5.32 Å². The van der Waals surface area contributed by atoms with E-state index in [1.54, 1.807) is 12.1 Å². The number of nitrogens with one attached hydrogen (secondary N) is 1. The lowest BCUT2D eigenvalue weighted by Crippen LogP contribution is -2.26. The molecule has 5 nitrogen and oxygen atoms in total. The van der Waals surface area contributed by atoms with Crippen LogP contribution in [0, 0.1) is 5.92 Å². The second-order valence-corrected chi connectivity index (χ2v) is 6.24. The minimum absolute atomic E-state index is 0.00919. The van der Waals surface area contributed by atoms with Gasteiger partial charge in [-0.3, -0.25) is 4.79 Å². The Morgan fingerprint density at radius 1 is 1.35 bits per heavy atom. The molecule has 1 aromatic carbocycles. The summed E-state index contributed by atoms with van der Waals surface area (Å²) in [5.41, 5.74) is 7.69. The molecule has 1 atom stereocenters. The van der Waals surface area contributed by atoms with Crippen molar-refractivity contribution in [1.29, 1.82) is 0 Å². The van der Waals surface area contributed by atoms with Gasteiger partial charge in [-0.15, -0.1) is 0 Å². The van der Waals surface area contributed by atoms with Gasteiger partial charge in [-0.1, -0.05) is 26.0 Å². The highest BCUT2D eigenvalue weighted by Gasteiger charge is 2.26. The number of ether oxygens (including phenoxy) is 1. The molecule has 5 heteroatoms. The van der Waals surface area contributed by atoms with Crippen LogP contribution >= 0.6 is 0 Å². The van der Waals surface area contributed by atoms with E-state index in [0.717, 1.165) is 23.3 Å². The summed E-state index contributed by atoms with van der Waals surface area (Å²) in [6.45, 7) is 5.20. The molecule has 1 aromatic heterocycles. The summed E-state index contributed by atoms with van der Waals surface area (Å²) in [5.74, 6) is 1.96. The Hall–Kier alpha value is -2.27. The number of carbonyl (C=O) groups excluding carboxylic acids is 1. The van der Waals surface area contributed by atoms with E-state index < -0.39 is 0 Å². The maximum atomic E-state index is 12.1. The number of para-hydroxylation sites is 1. The molecule has 0 fully saturated rings. The number of hydrogen-bond acceptors (Lipinski definition) is 4. The first-order valence-electron chi connectivity index (χ1n) is 7.95. The smallest absolute Gasteiger partial charge is 0.287 e. The summed E-state index contributed by atoms with van der Waals surface area (Å²) >= 11 is 0. The van der Waals surface area contributed by atoms with Gasteiger partial charge in [-0.05, 0) is 29.7 Å². The van der Waals surface area contributed by atoms with Crippen LogP contribution in [0.3, 0.4) is 0 Å². The normalized spacial score (nSPS) is 16.3. The Morgan fingerprint density at radius 2 is 2.17 bits per heavy atom. The molecule has 0 saturated carbocycles. The van der Waals surface area contributed by atoms with Crippen molar-refractivity contribution in [2.75, 3.05) is 13.1 Å². The molecule has 1 aliphatic heterocycles. The third kappa shape index (κ3) is 3.24. The van der Waals surface area contributed by atoms with Gasteiger partial charge in [0.05, 0.1) is 5.56 Å². The zero-order valence-corrected chi connectivity index (χ0v) is 13.5. The summed E-state index contributed by atoms with van der Waals surface area (Å²) in [5, 5.41) is 2.85. The van der Waals surface area contributed by atoms with E-state index in [0.29, 0.717) is 30.5 Å². The number of fused-ring (bicyclic) bond motifs is 1. The molecule has 0 spiro atoms. The van der Waals surface area contributed by atoms with Crippen molar-refractivity contribution in [3.63, 3.8) is 0 Å². The summed E-state index contributed by atoms with van der Waals surface area (Å²) in [7, 11) is 0. The number of furan rings is 1. The van der Waals surface area contributed by atoms with Gasteiger partial charge in [-0.2, -0.15) is 0 Å². The second kappa shape index (κ2) is 6.46. The molecule has 3 rings (SSSR count). The molecular formula is C18H22N2O3. The van der Waals surface area contributed by atoms with Gasteiger partial charge in [0, 0.05) is 19.5 Å². The first-order chi connectivity index (χ1) is 11.1. The highest BCUT2D eigenvalue weighted by Crippen LogP contribution is 2.39. The van der Waals surface area contributed by atoms with E-state index in [9.17, 15) is 4.79 Å². The Bertz CT molecular complexity index is 706. The molecule has 0 unspecified atom stereocenters. The molecule has 0 saturated heterocycles. The van der Waals surface area contributed by atoms with Crippen LogP contribution in [-0.2, 0) is 6.42 Å². The number of amides is 1. The quantitative estimate of drug-likeness (QED) is 0.889. The first kappa shape index (κ1) is 15.6. The van der Waals surface area contributed by atoms with Crippen LogP contribution in [0.2, 0.25) is 0 Å². The van der Waals surface area contributed by atoms with Crippen molar-refractivity contribution < 1.29 is 13.9 Å². The van der Waals surface area contributed by atoms with Crippen LogP contribution in [0.1, 0.15) is 30.0 Å². The van der Waals surface area contributed by atoms with Crippen molar-refractivity contribution in [2.45, 2.75) is 26.4 Å². The highest BCUT2D eigenvalue weighted by molar-refractivity contribution is 5.92.